The lowest BCUT2D eigenvalue weighted by Gasteiger charge is -2.43. The van der Waals surface area contributed by atoms with Gasteiger partial charge in [-0.3, -0.25) is 4.79 Å². The molecule has 0 aromatic heterocycles. The first kappa shape index (κ1) is 24.6. The fraction of sp³-hybridized carbons (Fsp3) is 0.708. The van der Waals surface area contributed by atoms with Crippen molar-refractivity contribution < 1.29 is 27.8 Å². The Morgan fingerprint density at radius 3 is 2.58 bits per heavy atom. The molecule has 1 saturated carbocycles. The third-order valence-electron chi connectivity index (χ3n) is 7.01. The molecule has 184 valence electrons. The molecule has 33 heavy (non-hydrogen) atoms. The van der Waals surface area contributed by atoms with E-state index in [2.05, 4.69) is 5.32 Å². The van der Waals surface area contributed by atoms with Gasteiger partial charge in [0.25, 0.3) is 0 Å². The number of rotatable bonds is 6. The Bertz CT molecular complexity index is 874. The summed E-state index contributed by atoms with van der Waals surface area (Å²) in [6, 6.07) is 7.82. The molecule has 0 spiro atoms. The predicted octanol–water partition coefficient (Wildman–Crippen LogP) is 2.07. The highest BCUT2D eigenvalue weighted by molar-refractivity contribution is 7.89. The highest BCUT2D eigenvalue weighted by atomic mass is 32.2. The largest absolute Gasteiger partial charge is 0.389 e. The van der Waals surface area contributed by atoms with Gasteiger partial charge >= 0.3 is 0 Å². The van der Waals surface area contributed by atoms with Crippen LogP contribution in [0.15, 0.2) is 35.2 Å². The Kier molecular flexibility index (Phi) is 8.40. The van der Waals surface area contributed by atoms with E-state index in [-0.39, 0.29) is 43.1 Å². The molecule has 3 aliphatic rings. The van der Waals surface area contributed by atoms with E-state index in [1.165, 1.54) is 36.4 Å². The van der Waals surface area contributed by atoms with E-state index in [9.17, 15) is 18.3 Å². The number of fused-ring (bicyclic) bond motifs is 1. The number of ether oxygens (including phenoxy) is 2. The molecule has 1 amide bonds. The molecule has 4 rings (SSSR count). The van der Waals surface area contributed by atoms with E-state index >= 15 is 0 Å². The lowest BCUT2D eigenvalue weighted by Crippen LogP contribution is -2.57. The Morgan fingerprint density at radius 1 is 1.06 bits per heavy atom. The zero-order valence-corrected chi connectivity index (χ0v) is 19.9. The molecular formula is C24H36N2O6S. The normalized spacial score (nSPS) is 30.1. The summed E-state index contributed by atoms with van der Waals surface area (Å²) in [7, 11) is -3.81. The van der Waals surface area contributed by atoms with Gasteiger partial charge in [-0.05, 0) is 43.7 Å². The van der Waals surface area contributed by atoms with Crippen molar-refractivity contribution in [3.05, 3.63) is 30.3 Å². The molecular weight excluding hydrogens is 444 g/mol. The van der Waals surface area contributed by atoms with Gasteiger partial charge in [0.1, 0.15) is 0 Å². The van der Waals surface area contributed by atoms with Gasteiger partial charge in [-0.15, -0.1) is 0 Å². The van der Waals surface area contributed by atoms with Crippen molar-refractivity contribution in [1.29, 1.82) is 0 Å². The van der Waals surface area contributed by atoms with Crippen molar-refractivity contribution in [2.24, 2.45) is 5.92 Å². The van der Waals surface area contributed by atoms with E-state index < -0.39 is 28.3 Å². The van der Waals surface area contributed by atoms with Crippen LogP contribution in [0.5, 0.6) is 0 Å². The van der Waals surface area contributed by atoms with Crippen molar-refractivity contribution in [3.8, 4) is 0 Å². The molecule has 9 heteroatoms. The van der Waals surface area contributed by atoms with Crippen LogP contribution < -0.4 is 5.32 Å². The number of nitrogens with one attached hydrogen (secondary N) is 1. The first-order valence-electron chi connectivity index (χ1n) is 12.2. The summed E-state index contributed by atoms with van der Waals surface area (Å²) in [5, 5.41) is 13.4. The average molecular weight is 481 g/mol. The van der Waals surface area contributed by atoms with Crippen molar-refractivity contribution in [2.75, 3.05) is 26.3 Å². The molecule has 1 aromatic rings. The van der Waals surface area contributed by atoms with Crippen LogP contribution in [-0.4, -0.2) is 74.4 Å². The Hall–Kier alpha value is -1.52. The first-order valence-corrected chi connectivity index (χ1v) is 13.6. The Balaban J connectivity index is 1.39. The van der Waals surface area contributed by atoms with Gasteiger partial charge < -0.3 is 19.9 Å². The van der Waals surface area contributed by atoms with E-state index in [1.807, 2.05) is 0 Å². The van der Waals surface area contributed by atoms with E-state index in [4.69, 9.17) is 9.47 Å². The number of β-amino-alcohol motifs (C(OH)–C–C–N with tert-alkyl or cyclic N) is 1. The standard InChI is InChI=1S/C24H36N2O6S/c27-19-15-26(33(29,30)21-9-5-2-6-10-21)22-12-11-20(32-23(22)17-31-16-19)13-24(28)25-14-18-7-3-1-4-8-18/h2,5-6,9-10,18-20,22-23,27H,1,3-4,7-8,11-17H2,(H,25,28)/t19-,20-,22-,23+/m1/s1. The van der Waals surface area contributed by atoms with E-state index in [1.54, 1.807) is 30.3 Å². The minimum Gasteiger partial charge on any atom is -0.389 e. The minimum absolute atomic E-state index is 0.0139. The SMILES string of the molecule is O=C(C[C@H]1CC[C@@H]2[C@H](COC[C@H](O)CN2S(=O)(=O)c2ccccc2)O1)NCC1CCCCC1. The van der Waals surface area contributed by atoms with Crippen LogP contribution in [0.1, 0.15) is 51.4 Å². The maximum Gasteiger partial charge on any atom is 0.243 e. The van der Waals surface area contributed by atoms with Gasteiger partial charge in [-0.1, -0.05) is 37.5 Å². The first-order chi connectivity index (χ1) is 15.9. The molecule has 8 nitrogen and oxygen atoms in total. The third kappa shape index (κ3) is 6.33. The number of hydrogen-bond acceptors (Lipinski definition) is 6. The summed E-state index contributed by atoms with van der Waals surface area (Å²) in [6.45, 7) is 0.901. The monoisotopic (exact) mass is 480 g/mol. The number of nitrogens with zero attached hydrogens (tertiary/aromatic N) is 1. The summed E-state index contributed by atoms with van der Waals surface area (Å²) >= 11 is 0. The van der Waals surface area contributed by atoms with Gasteiger partial charge in [0.15, 0.2) is 0 Å². The summed E-state index contributed by atoms with van der Waals surface area (Å²) in [4.78, 5) is 12.7. The maximum atomic E-state index is 13.4. The van der Waals surface area contributed by atoms with Gasteiger partial charge in [0.05, 0.1) is 48.9 Å². The van der Waals surface area contributed by atoms with Gasteiger partial charge in [-0.25, -0.2) is 8.42 Å². The van der Waals surface area contributed by atoms with Gasteiger partial charge in [-0.2, -0.15) is 4.31 Å². The van der Waals surface area contributed by atoms with Crippen LogP contribution in [0.3, 0.4) is 0 Å². The summed E-state index contributed by atoms with van der Waals surface area (Å²) < 4.78 is 40.0. The molecule has 0 bridgehead atoms. The molecule has 2 saturated heterocycles. The lowest BCUT2D eigenvalue weighted by molar-refractivity contribution is -0.146. The number of amides is 1. The molecule has 2 aliphatic heterocycles. The summed E-state index contributed by atoms with van der Waals surface area (Å²) in [5.41, 5.74) is 0. The van der Waals surface area contributed by atoms with E-state index in [0.717, 1.165) is 6.54 Å². The summed E-state index contributed by atoms with van der Waals surface area (Å²) in [5.74, 6) is 0.557. The minimum atomic E-state index is -3.81. The quantitative estimate of drug-likeness (QED) is 0.646. The molecule has 0 unspecified atom stereocenters. The Labute approximate surface area is 196 Å². The predicted molar refractivity (Wildman–Crippen MR) is 123 cm³/mol. The highest BCUT2D eigenvalue weighted by Crippen LogP contribution is 2.31. The number of carbonyl (C=O) groups excluding carboxylic acids is 1. The number of carbonyl (C=O) groups is 1. The fourth-order valence-electron chi connectivity index (χ4n) is 5.23. The molecule has 2 heterocycles. The molecule has 2 N–H and O–H groups in total. The van der Waals surface area contributed by atoms with Crippen LogP contribution in [0.25, 0.3) is 0 Å². The molecule has 1 aliphatic carbocycles. The van der Waals surface area contributed by atoms with Crippen molar-refractivity contribution in [3.63, 3.8) is 0 Å². The zero-order valence-electron chi connectivity index (χ0n) is 19.1. The maximum absolute atomic E-state index is 13.4. The average Bonchev–Trinajstić information content (AvgIpc) is 2.82. The summed E-state index contributed by atoms with van der Waals surface area (Å²) in [6.07, 6.45) is 5.86. The fourth-order valence-corrected chi connectivity index (χ4v) is 6.96. The Morgan fingerprint density at radius 2 is 1.82 bits per heavy atom. The second-order valence-corrected chi connectivity index (χ2v) is 11.4. The second kappa shape index (κ2) is 11.3. The zero-order chi connectivity index (χ0) is 23.3. The van der Waals surface area contributed by atoms with Crippen molar-refractivity contribution in [1.82, 2.24) is 9.62 Å². The number of aliphatic hydroxyl groups is 1. The van der Waals surface area contributed by atoms with Crippen molar-refractivity contribution in [2.45, 2.75) is 80.6 Å². The van der Waals surface area contributed by atoms with Gasteiger partial charge in [0.2, 0.25) is 15.9 Å². The molecule has 0 radical (unpaired) electrons. The van der Waals surface area contributed by atoms with Crippen LogP contribution in [-0.2, 0) is 24.3 Å². The number of sulfonamides is 1. The second-order valence-electron chi connectivity index (χ2n) is 9.53. The van der Waals surface area contributed by atoms with Crippen LogP contribution in [0.4, 0.5) is 0 Å². The van der Waals surface area contributed by atoms with Crippen molar-refractivity contribution >= 4 is 15.9 Å². The number of hydrogen-bond donors (Lipinski definition) is 2. The lowest BCUT2D eigenvalue weighted by atomic mass is 9.89. The van der Waals surface area contributed by atoms with Crippen LogP contribution in [0.2, 0.25) is 0 Å². The van der Waals surface area contributed by atoms with Crippen LogP contribution in [0, 0.1) is 5.92 Å². The molecule has 3 fully saturated rings. The van der Waals surface area contributed by atoms with Crippen LogP contribution >= 0.6 is 0 Å². The van der Waals surface area contributed by atoms with E-state index in [0.29, 0.717) is 18.8 Å². The molecule has 4 atom stereocenters. The highest BCUT2D eigenvalue weighted by Gasteiger charge is 2.43. The third-order valence-corrected chi connectivity index (χ3v) is 8.91. The smallest absolute Gasteiger partial charge is 0.243 e. The number of aliphatic hydroxyl groups excluding tert-OH is 1. The van der Waals surface area contributed by atoms with Gasteiger partial charge in [0, 0.05) is 13.1 Å². The topological polar surface area (TPSA) is 105 Å². The number of benzene rings is 1. The molecule has 1 aromatic carbocycles.